The number of rotatable bonds is 5. The van der Waals surface area contributed by atoms with Gasteiger partial charge in [0.2, 0.25) is 5.91 Å². The predicted octanol–water partition coefficient (Wildman–Crippen LogP) is 2.90. The van der Waals surface area contributed by atoms with E-state index < -0.39 is 0 Å². The lowest BCUT2D eigenvalue weighted by Gasteiger charge is -2.13. The molecule has 0 spiro atoms. The highest BCUT2D eigenvalue weighted by Gasteiger charge is 2.24. The predicted molar refractivity (Wildman–Crippen MR) is 96.3 cm³/mol. The van der Waals surface area contributed by atoms with E-state index in [-0.39, 0.29) is 17.7 Å². The molecule has 5 heteroatoms. The molecule has 2 amide bonds. The Morgan fingerprint density at radius 3 is 2.60 bits per heavy atom. The van der Waals surface area contributed by atoms with Gasteiger partial charge in [-0.25, -0.2) is 0 Å². The van der Waals surface area contributed by atoms with Crippen molar-refractivity contribution in [1.29, 1.82) is 0 Å². The molecule has 2 aromatic rings. The number of hydrogen-bond acceptors (Lipinski definition) is 3. The summed E-state index contributed by atoms with van der Waals surface area (Å²) in [7, 11) is 0. The molecule has 0 radical (unpaired) electrons. The second-order valence-corrected chi connectivity index (χ2v) is 6.26. The number of ether oxygens (including phenoxy) is 1. The Morgan fingerprint density at radius 2 is 1.88 bits per heavy atom. The average Bonchev–Trinajstić information content (AvgIpc) is 3.16. The van der Waals surface area contributed by atoms with Gasteiger partial charge in [0.1, 0.15) is 0 Å². The first-order valence-corrected chi connectivity index (χ1v) is 8.45. The molecule has 3 rings (SSSR count). The van der Waals surface area contributed by atoms with Gasteiger partial charge in [0.05, 0.1) is 23.8 Å². The van der Waals surface area contributed by atoms with Gasteiger partial charge >= 0.3 is 0 Å². The second-order valence-electron chi connectivity index (χ2n) is 6.26. The Kier molecular flexibility index (Phi) is 5.46. The highest BCUT2D eigenvalue weighted by molar-refractivity contribution is 6.04. The van der Waals surface area contributed by atoms with Crippen molar-refractivity contribution in [2.45, 2.75) is 19.9 Å². The molecule has 25 heavy (non-hydrogen) atoms. The molecule has 0 saturated carbocycles. The summed E-state index contributed by atoms with van der Waals surface area (Å²) in [6.07, 6.45) is 0.716. The maximum atomic E-state index is 12.5. The Hall–Kier alpha value is -2.66. The maximum Gasteiger partial charge on any atom is 0.253 e. The molecule has 130 valence electrons. The second kappa shape index (κ2) is 7.94. The number of nitrogens with one attached hydrogen (secondary N) is 2. The molecule has 2 N–H and O–H groups in total. The SMILES string of the molecule is Cc1ccc(CNC(=O)c2ccccc2NC(=O)C2CCOC2)cc1. The van der Waals surface area contributed by atoms with E-state index in [9.17, 15) is 9.59 Å². The number of benzene rings is 2. The summed E-state index contributed by atoms with van der Waals surface area (Å²) in [5.74, 6) is -0.459. The van der Waals surface area contributed by atoms with E-state index in [2.05, 4.69) is 10.6 Å². The zero-order valence-electron chi connectivity index (χ0n) is 14.2. The van der Waals surface area contributed by atoms with Crippen molar-refractivity contribution in [1.82, 2.24) is 5.32 Å². The summed E-state index contributed by atoms with van der Waals surface area (Å²) < 4.78 is 5.25. The van der Waals surface area contributed by atoms with Crippen molar-refractivity contribution in [2.24, 2.45) is 5.92 Å². The van der Waals surface area contributed by atoms with E-state index in [1.54, 1.807) is 24.3 Å². The molecule has 1 atom stereocenters. The van der Waals surface area contributed by atoms with Gasteiger partial charge in [-0.2, -0.15) is 0 Å². The lowest BCUT2D eigenvalue weighted by Crippen LogP contribution is -2.27. The van der Waals surface area contributed by atoms with Crippen molar-refractivity contribution in [2.75, 3.05) is 18.5 Å². The lowest BCUT2D eigenvalue weighted by atomic mass is 10.1. The van der Waals surface area contributed by atoms with Gasteiger partial charge < -0.3 is 15.4 Å². The van der Waals surface area contributed by atoms with Gasteiger partial charge in [0.15, 0.2) is 0 Å². The van der Waals surface area contributed by atoms with Crippen LogP contribution in [0.2, 0.25) is 0 Å². The molecule has 1 aliphatic rings. The van der Waals surface area contributed by atoms with Crippen LogP contribution >= 0.6 is 0 Å². The first-order chi connectivity index (χ1) is 12.1. The van der Waals surface area contributed by atoms with Crippen LogP contribution in [0.1, 0.15) is 27.9 Å². The molecule has 1 unspecified atom stereocenters. The van der Waals surface area contributed by atoms with Gasteiger partial charge in [-0.3, -0.25) is 9.59 Å². The summed E-state index contributed by atoms with van der Waals surface area (Å²) in [4.78, 5) is 24.8. The fourth-order valence-electron chi connectivity index (χ4n) is 2.75. The van der Waals surface area contributed by atoms with Crippen LogP contribution in [-0.2, 0) is 16.1 Å². The van der Waals surface area contributed by atoms with Crippen LogP contribution < -0.4 is 10.6 Å². The van der Waals surface area contributed by atoms with Crippen LogP contribution in [0.25, 0.3) is 0 Å². The molecule has 1 fully saturated rings. The number of para-hydroxylation sites is 1. The third-order valence-electron chi connectivity index (χ3n) is 4.30. The summed E-state index contributed by atoms with van der Waals surface area (Å²) in [6.45, 7) is 3.51. The van der Waals surface area contributed by atoms with E-state index in [4.69, 9.17) is 4.74 Å². The standard InChI is InChI=1S/C20H22N2O3/c1-14-6-8-15(9-7-14)12-21-20(24)17-4-2-3-5-18(17)22-19(23)16-10-11-25-13-16/h2-9,16H,10-13H2,1H3,(H,21,24)(H,22,23). The fourth-order valence-corrected chi connectivity index (χ4v) is 2.75. The molecule has 0 aliphatic carbocycles. The number of aryl methyl sites for hydroxylation is 1. The first kappa shape index (κ1) is 17.2. The third kappa shape index (κ3) is 4.45. The molecule has 2 aromatic carbocycles. The minimum absolute atomic E-state index is 0.101. The normalized spacial score (nSPS) is 16.4. The number of amides is 2. The zero-order chi connectivity index (χ0) is 17.6. The van der Waals surface area contributed by atoms with Gasteiger partial charge in [-0.15, -0.1) is 0 Å². The maximum absolute atomic E-state index is 12.5. The van der Waals surface area contributed by atoms with E-state index >= 15 is 0 Å². The summed E-state index contributed by atoms with van der Waals surface area (Å²) >= 11 is 0. The van der Waals surface area contributed by atoms with E-state index in [1.807, 2.05) is 31.2 Å². The minimum atomic E-state index is -0.209. The van der Waals surface area contributed by atoms with Crippen LogP contribution in [-0.4, -0.2) is 25.0 Å². The van der Waals surface area contributed by atoms with E-state index in [1.165, 1.54) is 5.56 Å². The average molecular weight is 338 g/mol. The number of carbonyl (C=O) groups excluding carboxylic acids is 2. The number of carbonyl (C=O) groups is 2. The Labute approximate surface area is 147 Å². The zero-order valence-corrected chi connectivity index (χ0v) is 14.2. The molecule has 0 aromatic heterocycles. The monoisotopic (exact) mass is 338 g/mol. The molecule has 0 bridgehead atoms. The Bertz CT molecular complexity index is 750. The Balaban J connectivity index is 1.65. The summed E-state index contributed by atoms with van der Waals surface area (Å²) in [6, 6.07) is 15.1. The van der Waals surface area contributed by atoms with Crippen molar-refractivity contribution in [3.05, 3.63) is 65.2 Å². The number of hydrogen-bond donors (Lipinski definition) is 2. The van der Waals surface area contributed by atoms with Crippen molar-refractivity contribution in [3.8, 4) is 0 Å². The van der Waals surface area contributed by atoms with Crippen molar-refractivity contribution >= 4 is 17.5 Å². The quantitative estimate of drug-likeness (QED) is 0.881. The molecule has 1 heterocycles. The first-order valence-electron chi connectivity index (χ1n) is 8.45. The van der Waals surface area contributed by atoms with Gasteiger partial charge in [-0.05, 0) is 31.0 Å². The van der Waals surface area contributed by atoms with E-state index in [0.717, 1.165) is 5.56 Å². The topological polar surface area (TPSA) is 67.4 Å². The highest BCUT2D eigenvalue weighted by Crippen LogP contribution is 2.19. The van der Waals surface area contributed by atoms with Crippen LogP contribution in [0.4, 0.5) is 5.69 Å². The van der Waals surface area contributed by atoms with Crippen LogP contribution in [0.5, 0.6) is 0 Å². The Morgan fingerprint density at radius 1 is 1.12 bits per heavy atom. The van der Waals surface area contributed by atoms with Gasteiger partial charge in [0, 0.05) is 13.2 Å². The highest BCUT2D eigenvalue weighted by atomic mass is 16.5. The van der Waals surface area contributed by atoms with Crippen molar-refractivity contribution < 1.29 is 14.3 Å². The third-order valence-corrected chi connectivity index (χ3v) is 4.30. The summed E-state index contributed by atoms with van der Waals surface area (Å²) in [5, 5.41) is 5.76. The molecule has 1 aliphatic heterocycles. The van der Waals surface area contributed by atoms with Gasteiger partial charge in [-0.1, -0.05) is 42.0 Å². The molecular formula is C20H22N2O3. The van der Waals surface area contributed by atoms with Gasteiger partial charge in [0.25, 0.3) is 5.91 Å². The van der Waals surface area contributed by atoms with Crippen LogP contribution in [0.15, 0.2) is 48.5 Å². The smallest absolute Gasteiger partial charge is 0.253 e. The number of anilines is 1. The lowest BCUT2D eigenvalue weighted by molar-refractivity contribution is -0.119. The largest absolute Gasteiger partial charge is 0.381 e. The van der Waals surface area contributed by atoms with Crippen LogP contribution in [0.3, 0.4) is 0 Å². The minimum Gasteiger partial charge on any atom is -0.381 e. The van der Waals surface area contributed by atoms with E-state index in [0.29, 0.717) is 37.4 Å². The molecular weight excluding hydrogens is 316 g/mol. The summed E-state index contributed by atoms with van der Waals surface area (Å²) in [5.41, 5.74) is 3.20. The van der Waals surface area contributed by atoms with Crippen LogP contribution in [0, 0.1) is 12.8 Å². The van der Waals surface area contributed by atoms with Crippen molar-refractivity contribution in [3.63, 3.8) is 0 Å². The molecule has 1 saturated heterocycles. The fraction of sp³-hybridized carbons (Fsp3) is 0.300. The molecule has 5 nitrogen and oxygen atoms in total.